The lowest BCUT2D eigenvalue weighted by Crippen LogP contribution is -2.59. The van der Waals surface area contributed by atoms with Crippen LogP contribution in [0.3, 0.4) is 0 Å². The maximum absolute atomic E-state index is 13.2. The molecule has 36 heavy (non-hydrogen) atoms. The van der Waals surface area contributed by atoms with E-state index in [1.54, 1.807) is 37.7 Å². The zero-order valence-corrected chi connectivity index (χ0v) is 22.4. The lowest BCUT2D eigenvalue weighted by Gasteiger charge is -2.27. The van der Waals surface area contributed by atoms with Crippen molar-refractivity contribution in [3.05, 3.63) is 29.8 Å². The molecule has 0 radical (unpaired) electrons. The van der Waals surface area contributed by atoms with Crippen LogP contribution >= 0.6 is 11.8 Å². The van der Waals surface area contributed by atoms with Crippen LogP contribution in [0, 0.1) is 11.8 Å². The van der Waals surface area contributed by atoms with Crippen LogP contribution in [0.5, 0.6) is 5.75 Å². The van der Waals surface area contributed by atoms with Crippen molar-refractivity contribution in [3.8, 4) is 5.75 Å². The van der Waals surface area contributed by atoms with Crippen molar-refractivity contribution in [2.24, 2.45) is 17.6 Å². The van der Waals surface area contributed by atoms with Crippen molar-refractivity contribution >= 4 is 35.5 Å². The molecule has 7 N–H and O–H groups in total. The number of phenols is 1. The highest BCUT2D eigenvalue weighted by Crippen LogP contribution is 2.13. The monoisotopic (exact) mass is 524 g/mol. The highest BCUT2D eigenvalue weighted by molar-refractivity contribution is 7.98. The first-order valence-corrected chi connectivity index (χ1v) is 13.4. The molecule has 0 aliphatic heterocycles. The number of carbonyl (C=O) groups is 4. The number of benzene rings is 1. The molecule has 1 aromatic carbocycles. The normalized spacial score (nSPS) is 14.6. The van der Waals surface area contributed by atoms with Gasteiger partial charge in [-0.15, -0.1) is 0 Å². The molecule has 1 rings (SSSR count). The number of carboxylic acids is 1. The van der Waals surface area contributed by atoms with E-state index in [4.69, 9.17) is 5.73 Å². The number of hydrogen-bond donors (Lipinski definition) is 6. The number of nitrogens with one attached hydrogen (secondary N) is 3. The Kier molecular flexibility index (Phi) is 13.3. The van der Waals surface area contributed by atoms with Gasteiger partial charge in [0.25, 0.3) is 0 Å². The summed E-state index contributed by atoms with van der Waals surface area (Å²) in [5, 5.41) is 27.0. The predicted octanol–water partition coefficient (Wildman–Crippen LogP) is 1.26. The van der Waals surface area contributed by atoms with Crippen molar-refractivity contribution in [1.82, 2.24) is 16.0 Å². The summed E-state index contributed by atoms with van der Waals surface area (Å²) in [5.41, 5.74) is 6.59. The van der Waals surface area contributed by atoms with E-state index in [2.05, 4.69) is 16.0 Å². The number of carboxylic acid groups (broad SMARTS) is 1. The van der Waals surface area contributed by atoms with Crippen molar-refractivity contribution in [2.75, 3.05) is 12.0 Å². The number of amides is 3. The van der Waals surface area contributed by atoms with Crippen molar-refractivity contribution in [3.63, 3.8) is 0 Å². The van der Waals surface area contributed by atoms with Crippen LogP contribution in [-0.4, -0.2) is 70.1 Å². The maximum Gasteiger partial charge on any atom is 0.326 e. The number of thioether (sulfide) groups is 1. The van der Waals surface area contributed by atoms with Crippen LogP contribution in [0.2, 0.25) is 0 Å². The van der Waals surface area contributed by atoms with Crippen molar-refractivity contribution in [2.45, 2.75) is 71.1 Å². The molecule has 0 aliphatic rings. The number of carbonyl (C=O) groups excluding carboxylic acids is 3. The third-order valence-electron chi connectivity index (χ3n) is 5.55. The number of aliphatic carboxylic acids is 1. The Labute approximate surface area is 217 Å². The second-order valence-electron chi connectivity index (χ2n) is 9.58. The molecule has 0 spiro atoms. The van der Waals surface area contributed by atoms with Gasteiger partial charge in [0.15, 0.2) is 0 Å². The number of phenolic OH excluding ortho intramolecular Hbond substituents is 1. The molecule has 0 fully saturated rings. The Hall–Kier alpha value is -2.79. The fourth-order valence-corrected chi connectivity index (χ4v) is 3.96. The summed E-state index contributed by atoms with van der Waals surface area (Å²) in [5.74, 6) is -2.40. The van der Waals surface area contributed by atoms with Crippen LogP contribution in [0.1, 0.15) is 46.1 Å². The van der Waals surface area contributed by atoms with Gasteiger partial charge in [-0.25, -0.2) is 4.79 Å². The van der Waals surface area contributed by atoms with E-state index in [0.29, 0.717) is 17.7 Å². The second-order valence-corrected chi connectivity index (χ2v) is 10.6. The van der Waals surface area contributed by atoms with Gasteiger partial charge < -0.3 is 31.9 Å². The quantitative estimate of drug-likeness (QED) is 0.199. The van der Waals surface area contributed by atoms with Gasteiger partial charge in [0, 0.05) is 6.42 Å². The molecular formula is C25H40N4O6S. The third kappa shape index (κ3) is 10.9. The first-order chi connectivity index (χ1) is 16.8. The first kappa shape index (κ1) is 31.2. The minimum absolute atomic E-state index is 0.0207. The molecule has 4 atom stereocenters. The highest BCUT2D eigenvalue weighted by Gasteiger charge is 2.32. The van der Waals surface area contributed by atoms with Gasteiger partial charge in [-0.05, 0) is 54.4 Å². The highest BCUT2D eigenvalue weighted by atomic mass is 32.2. The van der Waals surface area contributed by atoms with Gasteiger partial charge in [-0.3, -0.25) is 14.4 Å². The molecule has 0 saturated carbocycles. The molecule has 10 nitrogen and oxygen atoms in total. The molecule has 0 aromatic heterocycles. The van der Waals surface area contributed by atoms with Crippen molar-refractivity contribution < 1.29 is 29.4 Å². The van der Waals surface area contributed by atoms with E-state index in [1.807, 2.05) is 20.1 Å². The predicted molar refractivity (Wildman–Crippen MR) is 141 cm³/mol. The molecule has 3 amide bonds. The fourth-order valence-electron chi connectivity index (χ4n) is 3.47. The molecule has 0 aliphatic carbocycles. The molecule has 11 heteroatoms. The number of rotatable bonds is 15. The van der Waals surface area contributed by atoms with Crippen LogP contribution in [0.15, 0.2) is 24.3 Å². The zero-order valence-electron chi connectivity index (χ0n) is 21.6. The Morgan fingerprint density at radius 1 is 0.917 bits per heavy atom. The Balaban J connectivity index is 3.10. The summed E-state index contributed by atoms with van der Waals surface area (Å²) < 4.78 is 0. The summed E-state index contributed by atoms with van der Waals surface area (Å²) in [6.07, 6.45) is 2.64. The smallest absolute Gasteiger partial charge is 0.326 e. The molecule has 1 aromatic rings. The molecule has 202 valence electrons. The second kappa shape index (κ2) is 15.4. The van der Waals surface area contributed by atoms with Crippen LogP contribution in [0.25, 0.3) is 0 Å². The van der Waals surface area contributed by atoms with E-state index < -0.39 is 47.9 Å². The Morgan fingerprint density at radius 3 is 2.00 bits per heavy atom. The number of aromatic hydroxyl groups is 1. The summed E-state index contributed by atoms with van der Waals surface area (Å²) >= 11 is 1.56. The van der Waals surface area contributed by atoms with Gasteiger partial charge in [-0.2, -0.15) is 11.8 Å². The van der Waals surface area contributed by atoms with Gasteiger partial charge in [0.2, 0.25) is 17.7 Å². The van der Waals surface area contributed by atoms with Gasteiger partial charge in [-0.1, -0.05) is 39.8 Å². The SMILES string of the molecule is CSCCC(N)C(=O)NC(C(=O)NC(Cc1ccc(O)cc1)C(=O)NC(CC(C)C)C(=O)O)C(C)C. The molecular weight excluding hydrogens is 484 g/mol. The minimum atomic E-state index is -1.17. The standard InChI is InChI=1S/C25H40N4O6S/c1-14(2)12-20(25(34)35)28-23(32)19(13-16-6-8-17(30)9-7-16)27-24(33)21(15(3)4)29-22(31)18(26)10-11-36-5/h6-9,14-15,18-21,30H,10-13,26H2,1-5H3,(H,27,33)(H,28,32)(H,29,31)(H,34,35). The summed E-state index contributed by atoms with van der Waals surface area (Å²) in [6, 6.07) is 2.18. The van der Waals surface area contributed by atoms with E-state index >= 15 is 0 Å². The van der Waals surface area contributed by atoms with Crippen LogP contribution in [-0.2, 0) is 25.6 Å². The van der Waals surface area contributed by atoms with E-state index in [-0.39, 0.29) is 30.4 Å². The fraction of sp³-hybridized carbons (Fsp3) is 0.600. The van der Waals surface area contributed by atoms with Gasteiger partial charge >= 0.3 is 5.97 Å². The van der Waals surface area contributed by atoms with E-state index in [0.717, 1.165) is 0 Å². The molecule has 4 unspecified atom stereocenters. The van der Waals surface area contributed by atoms with E-state index in [1.165, 1.54) is 12.1 Å². The first-order valence-electron chi connectivity index (χ1n) is 12.0. The molecule has 0 saturated heterocycles. The average Bonchev–Trinajstić information content (AvgIpc) is 2.80. The minimum Gasteiger partial charge on any atom is -0.508 e. The van der Waals surface area contributed by atoms with Crippen LogP contribution in [0.4, 0.5) is 0 Å². The molecule has 0 bridgehead atoms. The molecule has 0 heterocycles. The van der Waals surface area contributed by atoms with E-state index in [9.17, 15) is 29.4 Å². The van der Waals surface area contributed by atoms with Gasteiger partial charge in [0.1, 0.15) is 23.9 Å². The average molecular weight is 525 g/mol. The lowest BCUT2D eigenvalue weighted by atomic mass is 9.99. The Bertz CT molecular complexity index is 878. The lowest BCUT2D eigenvalue weighted by molar-refractivity contribution is -0.142. The summed E-state index contributed by atoms with van der Waals surface area (Å²) in [7, 11) is 0. The third-order valence-corrected chi connectivity index (χ3v) is 6.19. The Morgan fingerprint density at radius 2 is 1.50 bits per heavy atom. The zero-order chi connectivity index (χ0) is 27.4. The summed E-state index contributed by atoms with van der Waals surface area (Å²) in [6.45, 7) is 7.21. The summed E-state index contributed by atoms with van der Waals surface area (Å²) in [4.78, 5) is 50.6. The largest absolute Gasteiger partial charge is 0.508 e. The number of hydrogen-bond acceptors (Lipinski definition) is 7. The van der Waals surface area contributed by atoms with Gasteiger partial charge in [0.05, 0.1) is 6.04 Å². The van der Waals surface area contributed by atoms with Crippen molar-refractivity contribution in [1.29, 1.82) is 0 Å². The number of nitrogens with two attached hydrogens (primary N) is 1. The topological polar surface area (TPSA) is 171 Å². The van der Waals surface area contributed by atoms with Crippen LogP contribution < -0.4 is 21.7 Å². The maximum atomic E-state index is 13.2.